The summed E-state index contributed by atoms with van der Waals surface area (Å²) < 4.78 is 5.36. The number of nitrogens with zero attached hydrogens (tertiary/aromatic N) is 4. The van der Waals surface area contributed by atoms with Gasteiger partial charge in [-0.1, -0.05) is 20.8 Å². The molecule has 0 saturated carbocycles. The lowest BCUT2D eigenvalue weighted by Gasteiger charge is -2.51. The third-order valence-electron chi connectivity index (χ3n) is 6.89. The summed E-state index contributed by atoms with van der Waals surface area (Å²) in [6.45, 7) is 9.19. The maximum absolute atomic E-state index is 12.3. The van der Waals surface area contributed by atoms with Crippen LogP contribution in [-0.4, -0.2) is 92.0 Å². The molecule has 12 heteroatoms. The lowest BCUT2D eigenvalue weighted by molar-refractivity contribution is -0.228. The van der Waals surface area contributed by atoms with Gasteiger partial charge in [0.15, 0.2) is 11.6 Å². The van der Waals surface area contributed by atoms with Gasteiger partial charge in [0.05, 0.1) is 6.54 Å². The fraction of sp³-hybridized carbons (Fsp3) is 0.833. The van der Waals surface area contributed by atoms with Crippen LogP contribution in [0.25, 0.3) is 0 Å². The number of aliphatic imine (C=N–C) groups is 2. The van der Waals surface area contributed by atoms with Crippen molar-refractivity contribution in [2.45, 2.75) is 70.1 Å². The van der Waals surface area contributed by atoms with Crippen molar-refractivity contribution in [2.75, 3.05) is 13.2 Å². The molecule has 7 atom stereocenters. The van der Waals surface area contributed by atoms with Crippen LogP contribution in [0, 0.1) is 11.8 Å². The zero-order valence-corrected chi connectivity index (χ0v) is 18.0. The highest BCUT2D eigenvalue weighted by molar-refractivity contribution is 5.87. The molecule has 1 amide bonds. The van der Waals surface area contributed by atoms with Gasteiger partial charge in [-0.3, -0.25) is 5.21 Å². The second kappa shape index (κ2) is 7.43. The summed E-state index contributed by atoms with van der Waals surface area (Å²) in [6, 6.07) is -1.85. The Morgan fingerprint density at radius 1 is 1.30 bits per heavy atom. The molecule has 1 saturated heterocycles. The topological polar surface area (TPSA) is 182 Å². The standard InChI is InChI=1S/C18H33N7O5/c1-8(2)9(3)10(4)21-16(27)30-7-11-13-18(25(29)15(20)23-13)17(5,28)12(26)6-24(18)14(19)22-11/h8-13,26,28-29H,6-7H2,1-5H3,(H2,19,22)(H2,20,23)(H,21,27). The number of amides is 1. The van der Waals surface area contributed by atoms with Crippen LogP contribution < -0.4 is 16.8 Å². The Kier molecular flexibility index (Phi) is 5.54. The molecule has 170 valence electrons. The summed E-state index contributed by atoms with van der Waals surface area (Å²) >= 11 is 0. The molecule has 1 spiro atoms. The van der Waals surface area contributed by atoms with Crippen molar-refractivity contribution < 1.29 is 25.0 Å². The van der Waals surface area contributed by atoms with Crippen molar-refractivity contribution in [1.82, 2.24) is 15.3 Å². The number of guanidine groups is 2. The number of hydrogen-bond acceptors (Lipinski definition) is 11. The fourth-order valence-electron chi connectivity index (χ4n) is 4.54. The highest BCUT2D eigenvalue weighted by Crippen LogP contribution is 2.49. The molecule has 0 aliphatic carbocycles. The monoisotopic (exact) mass is 427 g/mol. The van der Waals surface area contributed by atoms with Crippen LogP contribution in [0.1, 0.15) is 34.6 Å². The average molecular weight is 428 g/mol. The van der Waals surface area contributed by atoms with E-state index in [0.29, 0.717) is 11.0 Å². The third-order valence-corrected chi connectivity index (χ3v) is 6.89. The van der Waals surface area contributed by atoms with Crippen LogP contribution in [0.2, 0.25) is 0 Å². The number of carbonyl (C=O) groups excluding carboxylic acids is 1. The van der Waals surface area contributed by atoms with E-state index in [0.717, 1.165) is 0 Å². The predicted molar refractivity (Wildman–Crippen MR) is 108 cm³/mol. The third kappa shape index (κ3) is 3.05. The number of hydroxylamine groups is 2. The minimum atomic E-state index is -1.85. The van der Waals surface area contributed by atoms with E-state index in [1.807, 2.05) is 13.8 Å². The second-order valence-electron chi connectivity index (χ2n) is 8.93. The number of ether oxygens (including phenoxy) is 1. The lowest BCUT2D eigenvalue weighted by atomic mass is 9.79. The number of hydrogen-bond donors (Lipinski definition) is 6. The van der Waals surface area contributed by atoms with E-state index in [2.05, 4.69) is 29.1 Å². The first kappa shape index (κ1) is 22.4. The highest BCUT2D eigenvalue weighted by atomic mass is 16.6. The quantitative estimate of drug-likeness (QED) is 0.307. The second-order valence-corrected chi connectivity index (χ2v) is 8.93. The molecule has 3 aliphatic rings. The zero-order valence-electron chi connectivity index (χ0n) is 18.0. The Morgan fingerprint density at radius 2 is 1.93 bits per heavy atom. The van der Waals surface area contributed by atoms with E-state index in [1.54, 1.807) is 0 Å². The van der Waals surface area contributed by atoms with E-state index in [-0.39, 0.29) is 37.0 Å². The van der Waals surface area contributed by atoms with Crippen molar-refractivity contribution in [1.29, 1.82) is 0 Å². The maximum Gasteiger partial charge on any atom is 0.407 e. The van der Waals surface area contributed by atoms with Gasteiger partial charge in [-0.15, -0.1) is 0 Å². The molecule has 0 aromatic rings. The highest BCUT2D eigenvalue weighted by Gasteiger charge is 2.74. The smallest absolute Gasteiger partial charge is 0.407 e. The molecule has 0 bridgehead atoms. The molecule has 8 N–H and O–H groups in total. The summed E-state index contributed by atoms with van der Waals surface area (Å²) in [5, 5.41) is 35.6. The summed E-state index contributed by atoms with van der Waals surface area (Å²) in [6.07, 6.45) is -1.86. The van der Waals surface area contributed by atoms with Gasteiger partial charge in [-0.2, -0.15) is 5.06 Å². The number of carbonyl (C=O) groups is 1. The van der Waals surface area contributed by atoms with E-state index in [1.165, 1.54) is 11.8 Å². The number of aliphatic hydroxyl groups excluding tert-OH is 1. The molecule has 7 unspecified atom stereocenters. The van der Waals surface area contributed by atoms with Gasteiger partial charge in [0.25, 0.3) is 0 Å². The van der Waals surface area contributed by atoms with Gasteiger partial charge in [0.1, 0.15) is 30.4 Å². The molecule has 1 fully saturated rings. The largest absolute Gasteiger partial charge is 0.447 e. The molecule has 3 rings (SSSR count). The first-order chi connectivity index (χ1) is 13.9. The van der Waals surface area contributed by atoms with Crippen molar-refractivity contribution in [3.8, 4) is 0 Å². The van der Waals surface area contributed by atoms with E-state index in [4.69, 9.17) is 16.2 Å². The Morgan fingerprint density at radius 3 is 2.53 bits per heavy atom. The zero-order chi connectivity index (χ0) is 22.6. The van der Waals surface area contributed by atoms with Crippen LogP contribution in [0.5, 0.6) is 0 Å². The Bertz CT molecular complexity index is 757. The van der Waals surface area contributed by atoms with Crippen molar-refractivity contribution in [3.05, 3.63) is 0 Å². The van der Waals surface area contributed by atoms with Crippen molar-refractivity contribution in [2.24, 2.45) is 33.3 Å². The molecule has 0 radical (unpaired) electrons. The Balaban J connectivity index is 1.80. The van der Waals surface area contributed by atoms with Crippen molar-refractivity contribution >= 4 is 18.0 Å². The normalized spacial score (nSPS) is 37.3. The SMILES string of the molecule is CC(C)C(C)C(C)NC(=O)OCC1N=C(N)N2CC(O)C(C)(O)C23C1N=C(N)N3O. The molecule has 3 heterocycles. The van der Waals surface area contributed by atoms with Gasteiger partial charge in [0.2, 0.25) is 5.96 Å². The van der Waals surface area contributed by atoms with Crippen LogP contribution in [0.15, 0.2) is 9.98 Å². The first-order valence-electron chi connectivity index (χ1n) is 10.1. The van der Waals surface area contributed by atoms with E-state index in [9.17, 15) is 20.2 Å². The van der Waals surface area contributed by atoms with E-state index >= 15 is 0 Å². The molecule has 12 nitrogen and oxygen atoms in total. The number of nitrogens with two attached hydrogens (primary N) is 2. The fourth-order valence-corrected chi connectivity index (χ4v) is 4.54. The summed E-state index contributed by atoms with van der Waals surface area (Å²) in [7, 11) is 0. The average Bonchev–Trinajstić information content (AvgIpc) is 3.05. The predicted octanol–water partition coefficient (Wildman–Crippen LogP) is -1.40. The molecular formula is C18H33N7O5. The van der Waals surface area contributed by atoms with Gasteiger partial charge < -0.3 is 36.6 Å². The van der Waals surface area contributed by atoms with Gasteiger partial charge in [-0.05, 0) is 25.7 Å². The van der Waals surface area contributed by atoms with Gasteiger partial charge in [0, 0.05) is 6.04 Å². The number of alkyl carbamates (subject to hydrolysis) is 1. The maximum atomic E-state index is 12.3. The summed E-state index contributed by atoms with van der Waals surface area (Å²) in [5.74, 6) is 0.354. The summed E-state index contributed by atoms with van der Waals surface area (Å²) in [5.41, 5.74) is 8.41. The van der Waals surface area contributed by atoms with Crippen LogP contribution in [-0.2, 0) is 4.74 Å². The van der Waals surface area contributed by atoms with E-state index < -0.39 is 35.5 Å². The number of aliphatic hydroxyl groups is 2. The van der Waals surface area contributed by atoms with Gasteiger partial charge >= 0.3 is 6.09 Å². The molecule has 0 aromatic carbocycles. The van der Waals surface area contributed by atoms with Crippen molar-refractivity contribution in [3.63, 3.8) is 0 Å². The summed E-state index contributed by atoms with van der Waals surface area (Å²) in [4.78, 5) is 22.3. The Labute approximate surface area is 175 Å². The van der Waals surface area contributed by atoms with Crippen LogP contribution >= 0.6 is 0 Å². The minimum Gasteiger partial charge on any atom is -0.447 e. The van der Waals surface area contributed by atoms with Gasteiger partial charge in [-0.25, -0.2) is 14.8 Å². The first-order valence-corrected chi connectivity index (χ1v) is 10.1. The van der Waals surface area contributed by atoms with Crippen LogP contribution in [0.4, 0.5) is 4.79 Å². The minimum absolute atomic E-state index is 0.0252. The Hall–Kier alpha value is -2.31. The van der Waals surface area contributed by atoms with Crippen LogP contribution in [0.3, 0.4) is 0 Å². The number of rotatable bonds is 5. The molecule has 3 aliphatic heterocycles. The molecule has 30 heavy (non-hydrogen) atoms. The number of nitrogens with one attached hydrogen (secondary N) is 1. The lowest BCUT2D eigenvalue weighted by Crippen LogP contribution is -2.76. The molecule has 0 aromatic heterocycles. The molecular weight excluding hydrogens is 394 g/mol.